The molecule has 0 saturated carbocycles. The average molecular weight is 580 g/mol. The average Bonchev–Trinajstić information content (AvgIpc) is 3.48. The highest BCUT2D eigenvalue weighted by molar-refractivity contribution is 5.75. The van der Waals surface area contributed by atoms with Gasteiger partial charge < -0.3 is 18.9 Å². The normalized spacial score (nSPS) is 22.0. The van der Waals surface area contributed by atoms with Crippen molar-refractivity contribution in [2.45, 2.75) is 50.4 Å². The Hall–Kier alpha value is -4.41. The number of hydrogen-bond acceptors (Lipinski definition) is 7. The molecular formula is C34H33N3O6. The van der Waals surface area contributed by atoms with Gasteiger partial charge in [0, 0.05) is 4.92 Å². The molecule has 0 radical (unpaired) electrons. The van der Waals surface area contributed by atoms with Crippen LogP contribution in [0.1, 0.15) is 22.9 Å². The van der Waals surface area contributed by atoms with E-state index in [1.165, 1.54) is 0 Å². The molecule has 220 valence electrons. The van der Waals surface area contributed by atoms with E-state index in [0.717, 1.165) is 22.2 Å². The van der Waals surface area contributed by atoms with E-state index in [4.69, 9.17) is 18.9 Å². The quantitative estimate of drug-likeness (QED) is 0.133. The highest BCUT2D eigenvalue weighted by atomic mass is 16.7. The number of rotatable bonds is 12. The first-order valence-corrected chi connectivity index (χ1v) is 14.3. The molecule has 1 aromatic heterocycles. The summed E-state index contributed by atoms with van der Waals surface area (Å²) in [6.07, 6.45) is -1.83. The van der Waals surface area contributed by atoms with Crippen LogP contribution in [0.3, 0.4) is 0 Å². The van der Waals surface area contributed by atoms with Crippen LogP contribution in [0.2, 0.25) is 0 Å². The number of imidazole rings is 1. The van der Waals surface area contributed by atoms with E-state index in [0.29, 0.717) is 12.1 Å². The smallest absolute Gasteiger partial charge is 0.285 e. The number of aromatic nitrogens is 2. The van der Waals surface area contributed by atoms with Gasteiger partial charge >= 0.3 is 0 Å². The van der Waals surface area contributed by atoms with Gasteiger partial charge in [0.1, 0.15) is 12.2 Å². The summed E-state index contributed by atoms with van der Waals surface area (Å²) < 4.78 is 27.4. The molecule has 1 fully saturated rings. The Morgan fingerprint density at radius 3 is 1.86 bits per heavy atom. The van der Waals surface area contributed by atoms with Crippen LogP contribution in [-0.2, 0) is 38.8 Å². The summed E-state index contributed by atoms with van der Waals surface area (Å²) in [5.74, 6) is 0. The molecule has 43 heavy (non-hydrogen) atoms. The van der Waals surface area contributed by atoms with Crippen molar-refractivity contribution >= 4 is 11.0 Å². The van der Waals surface area contributed by atoms with Gasteiger partial charge in [0.05, 0.1) is 43.8 Å². The van der Waals surface area contributed by atoms with Gasteiger partial charge in [-0.3, -0.25) is 14.7 Å². The largest absolute Gasteiger partial charge is 0.374 e. The van der Waals surface area contributed by atoms with Crippen molar-refractivity contribution in [3.8, 4) is 0 Å². The molecule has 1 saturated heterocycles. The molecule has 5 atom stereocenters. The second-order valence-corrected chi connectivity index (χ2v) is 10.5. The summed E-state index contributed by atoms with van der Waals surface area (Å²) in [6.45, 7) is 0.917. The lowest BCUT2D eigenvalue weighted by Gasteiger charge is -2.42. The Bertz CT molecular complexity index is 1600. The predicted molar refractivity (Wildman–Crippen MR) is 161 cm³/mol. The molecule has 0 spiro atoms. The summed E-state index contributed by atoms with van der Waals surface area (Å²) in [5, 5.41) is 12.9. The topological polar surface area (TPSA) is 97.9 Å². The van der Waals surface area contributed by atoms with Crippen molar-refractivity contribution in [2.75, 3.05) is 6.61 Å². The summed E-state index contributed by atoms with van der Waals surface area (Å²) in [6, 6.07) is 35.4. The van der Waals surface area contributed by atoms with Crippen LogP contribution < -0.4 is 0 Å². The van der Waals surface area contributed by atoms with Crippen molar-refractivity contribution in [3.63, 3.8) is 0 Å². The molecule has 0 amide bonds. The highest BCUT2D eigenvalue weighted by Crippen LogP contribution is 2.36. The first-order chi connectivity index (χ1) is 21.2. The van der Waals surface area contributed by atoms with Crippen LogP contribution in [0.15, 0.2) is 122 Å². The minimum Gasteiger partial charge on any atom is -0.374 e. The Labute approximate surface area is 249 Å². The molecule has 1 aliphatic heterocycles. The fourth-order valence-corrected chi connectivity index (χ4v) is 5.47. The van der Waals surface area contributed by atoms with Gasteiger partial charge in [-0.25, -0.2) is 4.98 Å². The molecule has 2 heterocycles. The zero-order valence-corrected chi connectivity index (χ0v) is 23.6. The second-order valence-electron chi connectivity index (χ2n) is 10.5. The van der Waals surface area contributed by atoms with E-state index in [1.54, 1.807) is 10.9 Å². The van der Waals surface area contributed by atoms with Crippen LogP contribution in [-0.4, -0.2) is 45.4 Å². The number of nitro groups is 1. The van der Waals surface area contributed by atoms with Gasteiger partial charge in [-0.05, 0) is 28.8 Å². The zero-order valence-electron chi connectivity index (χ0n) is 23.6. The lowest BCUT2D eigenvalue weighted by molar-refractivity contribution is -0.568. The van der Waals surface area contributed by atoms with E-state index in [9.17, 15) is 10.1 Å². The first-order valence-electron chi connectivity index (χ1n) is 14.3. The predicted octanol–water partition coefficient (Wildman–Crippen LogP) is 5.97. The molecule has 1 aliphatic rings. The van der Waals surface area contributed by atoms with Gasteiger partial charge in [0.2, 0.25) is 6.23 Å². The van der Waals surface area contributed by atoms with E-state index < -0.39 is 30.6 Å². The fourth-order valence-electron chi connectivity index (χ4n) is 5.47. The number of fused-ring (bicyclic) bond motifs is 1. The Kier molecular flexibility index (Phi) is 9.15. The minimum absolute atomic E-state index is 0.146. The van der Waals surface area contributed by atoms with Gasteiger partial charge in [-0.15, -0.1) is 0 Å². The Morgan fingerprint density at radius 1 is 0.721 bits per heavy atom. The molecule has 0 bridgehead atoms. The van der Waals surface area contributed by atoms with E-state index in [2.05, 4.69) is 4.98 Å². The van der Waals surface area contributed by atoms with E-state index >= 15 is 0 Å². The van der Waals surface area contributed by atoms with Gasteiger partial charge in [-0.1, -0.05) is 103 Å². The minimum atomic E-state index is -1.28. The lowest BCUT2D eigenvalue weighted by Crippen LogP contribution is -2.60. The molecule has 5 aromatic rings. The van der Waals surface area contributed by atoms with Gasteiger partial charge in [0.25, 0.3) is 6.04 Å². The summed E-state index contributed by atoms with van der Waals surface area (Å²) in [4.78, 5) is 17.0. The standard InChI is InChI=1S/C34H33N3O6/c38-37(39)31-33(42-22-27-16-8-3-9-17-27)32(41-21-26-14-6-2-7-15-26)30(23-40-20-25-12-4-1-5-13-25)43-34(31)36-24-35-28-18-10-11-19-29(28)36/h1-19,24,30-34H,20-23H2/t30-,31-,32+,33-,34-/m1/s1. The van der Waals surface area contributed by atoms with Gasteiger partial charge in [0.15, 0.2) is 6.10 Å². The van der Waals surface area contributed by atoms with E-state index in [-0.39, 0.29) is 24.7 Å². The fraction of sp³-hybridized carbons (Fsp3) is 0.265. The molecule has 0 N–H and O–H groups in total. The molecule has 4 aromatic carbocycles. The molecule has 9 heteroatoms. The number of benzene rings is 4. The zero-order chi connectivity index (χ0) is 29.4. The van der Waals surface area contributed by atoms with Crippen LogP contribution in [0.4, 0.5) is 0 Å². The third-order valence-electron chi connectivity index (χ3n) is 7.60. The summed E-state index contributed by atoms with van der Waals surface area (Å²) in [5.41, 5.74) is 4.30. The molecule has 9 nitrogen and oxygen atoms in total. The van der Waals surface area contributed by atoms with E-state index in [1.807, 2.05) is 115 Å². The second kappa shape index (κ2) is 13.7. The van der Waals surface area contributed by atoms with Crippen LogP contribution in [0.5, 0.6) is 0 Å². The van der Waals surface area contributed by atoms with Crippen molar-refractivity contribution in [1.29, 1.82) is 0 Å². The van der Waals surface area contributed by atoms with Crippen molar-refractivity contribution in [2.24, 2.45) is 0 Å². The third-order valence-corrected chi connectivity index (χ3v) is 7.60. The maximum Gasteiger partial charge on any atom is 0.285 e. The maximum atomic E-state index is 12.9. The number of ether oxygens (including phenoxy) is 4. The number of nitrogens with zero attached hydrogens (tertiary/aromatic N) is 3. The summed E-state index contributed by atoms with van der Waals surface area (Å²) in [7, 11) is 0. The van der Waals surface area contributed by atoms with Crippen molar-refractivity contribution in [1.82, 2.24) is 9.55 Å². The van der Waals surface area contributed by atoms with Crippen molar-refractivity contribution in [3.05, 3.63) is 148 Å². The SMILES string of the molecule is O=[N+]([O-])[C@@H]1[C@@H](OCc2ccccc2)[C@@H](OCc2ccccc2)[C@@H](COCc2ccccc2)O[C@H]1n1cnc2ccccc21. The van der Waals surface area contributed by atoms with Crippen molar-refractivity contribution < 1.29 is 23.9 Å². The van der Waals surface area contributed by atoms with Crippen LogP contribution in [0, 0.1) is 10.1 Å². The monoisotopic (exact) mass is 579 g/mol. The first kappa shape index (κ1) is 28.7. The van der Waals surface area contributed by atoms with Crippen LogP contribution in [0.25, 0.3) is 11.0 Å². The Balaban J connectivity index is 1.35. The molecule has 6 rings (SSSR count). The maximum absolute atomic E-state index is 12.9. The third kappa shape index (κ3) is 6.81. The summed E-state index contributed by atoms with van der Waals surface area (Å²) >= 11 is 0. The number of hydrogen-bond donors (Lipinski definition) is 0. The van der Waals surface area contributed by atoms with Crippen LogP contribution >= 0.6 is 0 Å². The number of para-hydroxylation sites is 2. The molecule has 0 unspecified atom stereocenters. The molecule has 0 aliphatic carbocycles. The highest BCUT2D eigenvalue weighted by Gasteiger charge is 2.55. The Morgan fingerprint density at radius 2 is 1.26 bits per heavy atom. The van der Waals surface area contributed by atoms with Gasteiger partial charge in [-0.2, -0.15) is 0 Å². The molecular weight excluding hydrogens is 546 g/mol. The lowest BCUT2D eigenvalue weighted by atomic mass is 9.95.